The highest BCUT2D eigenvalue weighted by Gasteiger charge is 2.48. The predicted molar refractivity (Wildman–Crippen MR) is 101 cm³/mol. The van der Waals surface area contributed by atoms with Gasteiger partial charge < -0.3 is 9.47 Å². The molecular weight excluding hydrogens is 362 g/mol. The number of aryl methyl sites for hydroxylation is 1. The van der Waals surface area contributed by atoms with Gasteiger partial charge in [0.25, 0.3) is 0 Å². The Kier molecular flexibility index (Phi) is 5.19. The summed E-state index contributed by atoms with van der Waals surface area (Å²) in [5.74, 6) is -0.552. The largest absolute Gasteiger partial charge is 0.338 e. The van der Waals surface area contributed by atoms with Gasteiger partial charge >= 0.3 is 0 Å². The van der Waals surface area contributed by atoms with E-state index in [4.69, 9.17) is 0 Å². The number of carbonyl (C=O) groups excluding carboxylic acids is 1. The van der Waals surface area contributed by atoms with Gasteiger partial charge in [0.2, 0.25) is 5.91 Å². The highest BCUT2D eigenvalue weighted by Crippen LogP contribution is 2.40. The van der Waals surface area contributed by atoms with Gasteiger partial charge in [-0.25, -0.2) is 13.8 Å². The number of nitrogens with zero attached hydrogens (tertiary/aromatic N) is 4. The first-order valence-corrected chi connectivity index (χ1v) is 9.96. The van der Waals surface area contributed by atoms with Gasteiger partial charge in [-0.1, -0.05) is 6.07 Å². The van der Waals surface area contributed by atoms with Crippen molar-refractivity contribution < 1.29 is 13.6 Å². The van der Waals surface area contributed by atoms with Crippen LogP contribution in [0.15, 0.2) is 30.6 Å². The average Bonchev–Trinajstić information content (AvgIpc) is 3.30. The van der Waals surface area contributed by atoms with Crippen molar-refractivity contribution in [2.75, 3.05) is 19.6 Å². The van der Waals surface area contributed by atoms with Crippen LogP contribution in [0.3, 0.4) is 0 Å². The van der Waals surface area contributed by atoms with Gasteiger partial charge in [0.15, 0.2) is 11.6 Å². The van der Waals surface area contributed by atoms with Gasteiger partial charge in [0, 0.05) is 38.6 Å². The Labute approximate surface area is 164 Å². The van der Waals surface area contributed by atoms with Crippen molar-refractivity contribution in [3.63, 3.8) is 0 Å². The third kappa shape index (κ3) is 3.55. The number of halogens is 2. The topological polar surface area (TPSA) is 41.4 Å². The summed E-state index contributed by atoms with van der Waals surface area (Å²) in [7, 11) is 0. The lowest BCUT2D eigenvalue weighted by atomic mass is 9.78. The van der Waals surface area contributed by atoms with Gasteiger partial charge in [0.05, 0.1) is 12.0 Å². The fourth-order valence-corrected chi connectivity index (χ4v) is 4.61. The molecule has 0 N–H and O–H groups in total. The minimum Gasteiger partial charge on any atom is -0.338 e. The van der Waals surface area contributed by atoms with Crippen molar-refractivity contribution in [2.45, 2.75) is 45.8 Å². The zero-order chi connectivity index (χ0) is 19.7. The number of carbonyl (C=O) groups is 1. The molecule has 28 heavy (non-hydrogen) atoms. The lowest BCUT2D eigenvalue weighted by Gasteiger charge is -2.39. The predicted octanol–water partition coefficient (Wildman–Crippen LogP) is 3.20. The third-order valence-electron chi connectivity index (χ3n) is 6.12. The Morgan fingerprint density at radius 1 is 1.14 bits per heavy atom. The minimum atomic E-state index is -0.866. The highest BCUT2D eigenvalue weighted by atomic mass is 19.2. The molecule has 1 atom stereocenters. The SMILES string of the molecule is CCn1ccnc1CN1CC[C@@]2(CCCN(Cc3ccc(F)c(F)c3)C2=O)C1. The molecule has 7 heteroatoms. The first-order chi connectivity index (χ1) is 13.5. The molecule has 2 aromatic rings. The Morgan fingerprint density at radius 2 is 2.00 bits per heavy atom. The molecule has 0 saturated carbocycles. The molecular formula is C21H26F2N4O. The summed E-state index contributed by atoms with van der Waals surface area (Å²) in [5, 5.41) is 0. The van der Waals surface area contributed by atoms with E-state index in [-0.39, 0.29) is 11.3 Å². The minimum absolute atomic E-state index is 0.143. The van der Waals surface area contributed by atoms with Crippen LogP contribution in [-0.2, 0) is 24.4 Å². The zero-order valence-corrected chi connectivity index (χ0v) is 16.2. The van der Waals surface area contributed by atoms with Crippen LogP contribution in [0.2, 0.25) is 0 Å². The van der Waals surface area contributed by atoms with E-state index in [9.17, 15) is 13.6 Å². The van der Waals surface area contributed by atoms with Crippen LogP contribution in [0.5, 0.6) is 0 Å². The van der Waals surface area contributed by atoms with E-state index >= 15 is 0 Å². The van der Waals surface area contributed by atoms with Gasteiger partial charge in [-0.05, 0) is 50.4 Å². The molecule has 0 bridgehead atoms. The number of piperidine rings is 1. The fourth-order valence-electron chi connectivity index (χ4n) is 4.61. The number of likely N-dealkylation sites (tertiary alicyclic amines) is 2. The number of rotatable bonds is 5. The molecule has 0 unspecified atom stereocenters. The average molecular weight is 388 g/mol. The van der Waals surface area contributed by atoms with E-state index in [0.29, 0.717) is 18.7 Å². The molecule has 3 heterocycles. The Hall–Kier alpha value is -2.28. The van der Waals surface area contributed by atoms with Crippen molar-refractivity contribution in [3.05, 3.63) is 53.6 Å². The Bertz CT molecular complexity index is 868. The molecule has 2 aliphatic heterocycles. The summed E-state index contributed by atoms with van der Waals surface area (Å²) in [4.78, 5) is 21.9. The molecule has 2 aliphatic rings. The number of benzene rings is 1. The summed E-state index contributed by atoms with van der Waals surface area (Å²) in [6.07, 6.45) is 6.47. The number of imidazole rings is 1. The van der Waals surface area contributed by atoms with Crippen LogP contribution in [0, 0.1) is 17.0 Å². The summed E-state index contributed by atoms with van der Waals surface area (Å²) in [6, 6.07) is 3.87. The maximum Gasteiger partial charge on any atom is 0.230 e. The van der Waals surface area contributed by atoms with Crippen molar-refractivity contribution in [3.8, 4) is 0 Å². The molecule has 0 aliphatic carbocycles. The third-order valence-corrected chi connectivity index (χ3v) is 6.12. The van der Waals surface area contributed by atoms with Gasteiger partial charge in [0.1, 0.15) is 5.82 Å². The summed E-state index contributed by atoms with van der Waals surface area (Å²) < 4.78 is 28.8. The van der Waals surface area contributed by atoms with E-state index < -0.39 is 11.6 Å². The van der Waals surface area contributed by atoms with Crippen LogP contribution in [0.25, 0.3) is 0 Å². The van der Waals surface area contributed by atoms with E-state index in [2.05, 4.69) is 21.4 Å². The van der Waals surface area contributed by atoms with Crippen molar-refractivity contribution in [2.24, 2.45) is 5.41 Å². The maximum atomic E-state index is 13.5. The van der Waals surface area contributed by atoms with E-state index in [1.54, 1.807) is 6.07 Å². The van der Waals surface area contributed by atoms with E-state index in [0.717, 1.165) is 57.3 Å². The van der Waals surface area contributed by atoms with E-state index in [1.807, 2.05) is 17.3 Å². The van der Waals surface area contributed by atoms with Crippen molar-refractivity contribution in [1.82, 2.24) is 19.4 Å². The van der Waals surface area contributed by atoms with Gasteiger partial charge in [-0.3, -0.25) is 9.69 Å². The zero-order valence-electron chi connectivity index (χ0n) is 16.2. The maximum absolute atomic E-state index is 13.5. The van der Waals surface area contributed by atoms with Crippen LogP contribution >= 0.6 is 0 Å². The second-order valence-electron chi connectivity index (χ2n) is 7.95. The normalized spacial score (nSPS) is 23.1. The molecule has 0 radical (unpaired) electrons. The Morgan fingerprint density at radius 3 is 2.79 bits per heavy atom. The molecule has 5 nitrogen and oxygen atoms in total. The molecule has 1 spiro atoms. The first-order valence-electron chi connectivity index (χ1n) is 9.96. The smallest absolute Gasteiger partial charge is 0.230 e. The summed E-state index contributed by atoms with van der Waals surface area (Å²) >= 11 is 0. The lowest BCUT2D eigenvalue weighted by molar-refractivity contribution is -0.146. The lowest BCUT2D eigenvalue weighted by Crippen LogP contribution is -2.49. The second-order valence-corrected chi connectivity index (χ2v) is 7.95. The van der Waals surface area contributed by atoms with Crippen molar-refractivity contribution >= 4 is 5.91 Å². The summed E-state index contributed by atoms with van der Waals surface area (Å²) in [5.41, 5.74) is 0.268. The molecule has 150 valence electrons. The number of hydrogen-bond donors (Lipinski definition) is 0. The summed E-state index contributed by atoms with van der Waals surface area (Å²) in [6.45, 7) is 6.33. The fraction of sp³-hybridized carbons (Fsp3) is 0.524. The molecule has 2 saturated heterocycles. The highest BCUT2D eigenvalue weighted by molar-refractivity contribution is 5.84. The van der Waals surface area contributed by atoms with Crippen molar-refractivity contribution in [1.29, 1.82) is 0 Å². The van der Waals surface area contributed by atoms with Gasteiger partial charge in [-0.2, -0.15) is 0 Å². The molecule has 1 aromatic heterocycles. The molecule has 1 aromatic carbocycles. The number of hydrogen-bond acceptors (Lipinski definition) is 3. The monoisotopic (exact) mass is 388 g/mol. The quantitative estimate of drug-likeness (QED) is 0.790. The molecule has 1 amide bonds. The molecule has 4 rings (SSSR count). The number of amides is 1. The molecule has 2 fully saturated rings. The first kappa shape index (κ1) is 19.1. The Balaban J connectivity index is 1.44. The van der Waals surface area contributed by atoms with E-state index in [1.165, 1.54) is 6.07 Å². The van der Waals surface area contributed by atoms with Crippen LogP contribution in [0.4, 0.5) is 8.78 Å². The van der Waals surface area contributed by atoms with Crippen LogP contribution in [0.1, 0.15) is 37.6 Å². The van der Waals surface area contributed by atoms with Crippen LogP contribution in [-0.4, -0.2) is 44.9 Å². The number of aromatic nitrogens is 2. The second kappa shape index (κ2) is 7.62. The van der Waals surface area contributed by atoms with Crippen LogP contribution < -0.4 is 0 Å². The van der Waals surface area contributed by atoms with Gasteiger partial charge in [-0.15, -0.1) is 0 Å². The standard InChI is InChI=1S/C21H26F2N4O/c1-2-26-11-8-24-19(26)14-25-10-7-21(15-25)6-3-9-27(20(21)28)13-16-4-5-17(22)18(23)12-16/h4-5,8,11-12H,2-3,6-7,9-10,13-15H2,1H3/t21-/m0/s1.